The van der Waals surface area contributed by atoms with Crippen molar-refractivity contribution in [3.8, 4) is 6.07 Å². The van der Waals surface area contributed by atoms with Crippen LogP contribution >= 0.6 is 11.3 Å². The van der Waals surface area contributed by atoms with Gasteiger partial charge >= 0.3 is 6.09 Å². The van der Waals surface area contributed by atoms with E-state index in [-0.39, 0.29) is 11.8 Å². The summed E-state index contributed by atoms with van der Waals surface area (Å²) < 4.78 is 5.40. The molecule has 0 bridgehead atoms. The summed E-state index contributed by atoms with van der Waals surface area (Å²) in [6, 6.07) is 5.89. The molecule has 1 saturated heterocycles. The fourth-order valence-corrected chi connectivity index (χ4v) is 4.97. The van der Waals surface area contributed by atoms with Crippen LogP contribution in [-0.2, 0) is 27.2 Å². The predicted molar refractivity (Wildman–Crippen MR) is 115 cm³/mol. The van der Waals surface area contributed by atoms with Gasteiger partial charge in [-0.3, -0.25) is 14.6 Å². The summed E-state index contributed by atoms with van der Waals surface area (Å²) in [7, 11) is 0. The van der Waals surface area contributed by atoms with Gasteiger partial charge in [0.25, 0.3) is 0 Å². The Morgan fingerprint density at radius 3 is 3.13 bits per heavy atom. The molecule has 0 saturated carbocycles. The monoisotopic (exact) mass is 438 g/mol. The number of hydrogen-bond acceptors (Lipinski definition) is 7. The van der Waals surface area contributed by atoms with Gasteiger partial charge in [-0.1, -0.05) is 6.07 Å². The van der Waals surface area contributed by atoms with Gasteiger partial charge in [0.15, 0.2) is 0 Å². The minimum atomic E-state index is -0.444. The van der Waals surface area contributed by atoms with Gasteiger partial charge in [0.2, 0.25) is 5.91 Å². The van der Waals surface area contributed by atoms with E-state index in [9.17, 15) is 14.9 Å². The molecule has 31 heavy (non-hydrogen) atoms. The van der Waals surface area contributed by atoms with Crippen molar-refractivity contribution in [1.82, 2.24) is 10.0 Å². The van der Waals surface area contributed by atoms with Crippen LogP contribution in [0.4, 0.5) is 9.80 Å². The molecule has 1 aliphatic heterocycles. The SMILES string of the molecule is N#Cc1c(NC(=O)C=Cc2cccnc2)sc2c1CCC(COC(=O)N1CCCO1)C2. The van der Waals surface area contributed by atoms with Crippen molar-refractivity contribution in [2.75, 3.05) is 25.1 Å². The maximum absolute atomic E-state index is 12.3. The summed E-state index contributed by atoms with van der Waals surface area (Å²) in [6.07, 6.45) is 9.07. The number of nitrogens with one attached hydrogen (secondary N) is 1. The smallest absolute Gasteiger partial charge is 0.433 e. The normalized spacial score (nSPS) is 17.9. The van der Waals surface area contributed by atoms with Crippen LogP contribution in [0, 0.1) is 17.2 Å². The van der Waals surface area contributed by atoms with Gasteiger partial charge in [0.1, 0.15) is 11.1 Å². The maximum atomic E-state index is 12.3. The second-order valence-corrected chi connectivity index (χ2v) is 8.51. The second kappa shape index (κ2) is 9.73. The highest BCUT2D eigenvalue weighted by Gasteiger charge is 2.28. The second-order valence-electron chi connectivity index (χ2n) is 7.40. The molecule has 1 N–H and O–H groups in total. The highest BCUT2D eigenvalue weighted by molar-refractivity contribution is 7.16. The minimum absolute atomic E-state index is 0.179. The van der Waals surface area contributed by atoms with E-state index in [1.54, 1.807) is 24.5 Å². The average Bonchev–Trinajstić information content (AvgIpc) is 3.44. The Hall–Kier alpha value is -3.22. The van der Waals surface area contributed by atoms with Gasteiger partial charge in [-0.05, 0) is 54.9 Å². The van der Waals surface area contributed by atoms with Gasteiger partial charge in [-0.2, -0.15) is 10.3 Å². The van der Waals surface area contributed by atoms with Crippen LogP contribution in [0.15, 0.2) is 30.6 Å². The van der Waals surface area contributed by atoms with Crippen molar-refractivity contribution in [2.24, 2.45) is 5.92 Å². The Labute approximate surface area is 184 Å². The molecule has 3 heterocycles. The minimum Gasteiger partial charge on any atom is -0.448 e. The molecular weight excluding hydrogens is 416 g/mol. The molecule has 8 nitrogen and oxygen atoms in total. The number of pyridine rings is 1. The van der Waals surface area contributed by atoms with Crippen LogP contribution in [0.1, 0.15) is 34.4 Å². The molecule has 1 atom stereocenters. The first-order valence-electron chi connectivity index (χ1n) is 10.1. The summed E-state index contributed by atoms with van der Waals surface area (Å²) in [5.74, 6) is -0.117. The lowest BCUT2D eigenvalue weighted by Crippen LogP contribution is -2.30. The third kappa shape index (κ3) is 5.10. The Bertz CT molecular complexity index is 1020. The summed E-state index contributed by atoms with van der Waals surface area (Å²) >= 11 is 1.42. The standard InChI is InChI=1S/C22H22N4O4S/c23-12-18-17-6-4-16(14-29-22(28)26-9-2-10-30-26)11-19(17)31-21(18)25-20(27)7-5-15-3-1-8-24-13-15/h1,3,5,7-8,13,16H,2,4,6,9-11,14H2,(H,25,27). The van der Waals surface area contributed by atoms with E-state index in [1.165, 1.54) is 22.5 Å². The van der Waals surface area contributed by atoms with E-state index >= 15 is 0 Å². The summed E-state index contributed by atoms with van der Waals surface area (Å²) in [5.41, 5.74) is 2.34. The fourth-order valence-electron chi connectivity index (χ4n) is 3.66. The lowest BCUT2D eigenvalue weighted by atomic mass is 9.88. The Morgan fingerprint density at radius 2 is 2.39 bits per heavy atom. The summed E-state index contributed by atoms with van der Waals surface area (Å²) in [6.45, 7) is 1.41. The number of amides is 2. The lowest BCUT2D eigenvalue weighted by molar-refractivity contribution is -0.111. The molecule has 1 unspecified atom stereocenters. The Balaban J connectivity index is 1.37. The van der Waals surface area contributed by atoms with Crippen molar-refractivity contribution >= 4 is 34.4 Å². The van der Waals surface area contributed by atoms with Gasteiger partial charge in [0.05, 0.1) is 25.3 Å². The molecule has 1 fully saturated rings. The van der Waals surface area contributed by atoms with E-state index in [1.807, 2.05) is 6.07 Å². The van der Waals surface area contributed by atoms with E-state index in [4.69, 9.17) is 9.57 Å². The summed E-state index contributed by atoms with van der Waals surface area (Å²) in [4.78, 5) is 34.6. The number of hydrogen-bond donors (Lipinski definition) is 1. The van der Waals surface area contributed by atoms with Crippen LogP contribution < -0.4 is 5.32 Å². The third-order valence-corrected chi connectivity index (χ3v) is 6.40. The molecule has 1 aliphatic carbocycles. The number of ether oxygens (including phenoxy) is 1. The predicted octanol–water partition coefficient (Wildman–Crippen LogP) is 3.55. The number of fused-ring (bicyclic) bond motifs is 1. The number of aromatic nitrogens is 1. The van der Waals surface area contributed by atoms with Gasteiger partial charge in [-0.25, -0.2) is 4.79 Å². The van der Waals surface area contributed by atoms with Crippen molar-refractivity contribution < 1.29 is 19.2 Å². The summed E-state index contributed by atoms with van der Waals surface area (Å²) in [5, 5.41) is 14.3. The number of hydroxylamine groups is 2. The molecule has 2 aromatic heterocycles. The average molecular weight is 439 g/mol. The van der Waals surface area contributed by atoms with E-state index in [0.717, 1.165) is 35.3 Å². The highest BCUT2D eigenvalue weighted by Crippen LogP contribution is 2.39. The van der Waals surface area contributed by atoms with Crippen LogP contribution in [-0.4, -0.2) is 41.8 Å². The highest BCUT2D eigenvalue weighted by atomic mass is 32.1. The topological polar surface area (TPSA) is 105 Å². The molecule has 0 spiro atoms. The van der Waals surface area contributed by atoms with Gasteiger partial charge in [0, 0.05) is 23.3 Å². The zero-order valence-electron chi connectivity index (χ0n) is 16.9. The van der Waals surface area contributed by atoms with Crippen LogP contribution in [0.5, 0.6) is 0 Å². The van der Waals surface area contributed by atoms with Crippen molar-refractivity contribution in [3.05, 3.63) is 52.2 Å². The maximum Gasteiger partial charge on any atom is 0.433 e. The number of nitriles is 1. The molecule has 4 rings (SSSR count). The van der Waals surface area contributed by atoms with Crippen molar-refractivity contribution in [3.63, 3.8) is 0 Å². The molecule has 0 radical (unpaired) electrons. The first-order valence-corrected chi connectivity index (χ1v) is 11.0. The van der Waals surface area contributed by atoms with E-state index < -0.39 is 6.09 Å². The zero-order chi connectivity index (χ0) is 21.6. The number of carbonyl (C=O) groups is 2. The first kappa shape index (κ1) is 21.0. The molecule has 9 heteroatoms. The number of anilines is 1. The van der Waals surface area contributed by atoms with Gasteiger partial charge < -0.3 is 10.1 Å². The van der Waals surface area contributed by atoms with Crippen molar-refractivity contribution in [2.45, 2.75) is 25.7 Å². The van der Waals surface area contributed by atoms with Crippen LogP contribution in [0.25, 0.3) is 6.08 Å². The first-order chi connectivity index (χ1) is 15.1. The molecule has 0 aromatic carbocycles. The number of thiophene rings is 1. The Morgan fingerprint density at radius 1 is 1.48 bits per heavy atom. The van der Waals surface area contributed by atoms with Crippen molar-refractivity contribution in [1.29, 1.82) is 5.26 Å². The lowest BCUT2D eigenvalue weighted by Gasteiger charge is -2.23. The Kier molecular flexibility index (Phi) is 6.60. The fraction of sp³-hybridized carbons (Fsp3) is 0.364. The number of nitrogens with zero attached hydrogens (tertiary/aromatic N) is 3. The third-order valence-electron chi connectivity index (χ3n) is 5.23. The number of rotatable bonds is 5. The molecule has 2 aromatic rings. The largest absolute Gasteiger partial charge is 0.448 e. The van der Waals surface area contributed by atoms with E-state index in [0.29, 0.717) is 36.7 Å². The quantitative estimate of drug-likeness (QED) is 0.716. The van der Waals surface area contributed by atoms with Crippen LogP contribution in [0.2, 0.25) is 0 Å². The molecule has 2 amide bonds. The molecular formula is C22H22N4O4S. The van der Waals surface area contributed by atoms with Gasteiger partial charge in [-0.15, -0.1) is 11.3 Å². The molecule has 2 aliphatic rings. The van der Waals surface area contributed by atoms with Crippen LogP contribution in [0.3, 0.4) is 0 Å². The number of carbonyl (C=O) groups excluding carboxylic acids is 2. The zero-order valence-corrected chi connectivity index (χ0v) is 17.7. The van der Waals surface area contributed by atoms with E-state index in [2.05, 4.69) is 16.4 Å². The molecule has 160 valence electrons.